The Balaban J connectivity index is 1.51. The molecule has 7 rings (SSSR count). The molecule has 0 bridgehead atoms. The first-order valence-electron chi connectivity index (χ1n) is 11.1. The Labute approximate surface area is 190 Å². The molecule has 6 heterocycles. The second-order valence-electron chi connectivity index (χ2n) is 9.04. The third-order valence-corrected chi connectivity index (χ3v) is 10.6. The lowest BCUT2D eigenvalue weighted by molar-refractivity contribution is 0.0690. The zero-order valence-corrected chi connectivity index (χ0v) is 18.9. The monoisotopic (exact) mass is 470 g/mol. The number of anilines is 1. The Morgan fingerprint density at radius 2 is 2.12 bits per heavy atom. The second-order valence-corrected chi connectivity index (χ2v) is 11.9. The average Bonchev–Trinajstić information content (AvgIpc) is 3.11. The summed E-state index contributed by atoms with van der Waals surface area (Å²) >= 11 is 0. The zero-order chi connectivity index (χ0) is 22.4. The van der Waals surface area contributed by atoms with Crippen molar-refractivity contribution in [3.05, 3.63) is 35.9 Å². The summed E-state index contributed by atoms with van der Waals surface area (Å²) < 4.78 is 45.7. The lowest BCUT2D eigenvalue weighted by Crippen LogP contribution is -2.52. The van der Waals surface area contributed by atoms with Gasteiger partial charge in [-0.05, 0) is 34.1 Å². The first kappa shape index (κ1) is 19.7. The van der Waals surface area contributed by atoms with Crippen LogP contribution in [0.2, 0.25) is 0 Å². The van der Waals surface area contributed by atoms with Gasteiger partial charge in [-0.1, -0.05) is 0 Å². The van der Waals surface area contributed by atoms with Crippen molar-refractivity contribution in [3.8, 4) is 17.1 Å². The number of rotatable bonds is 2. The number of nitrogens with one attached hydrogen (secondary N) is 1. The second kappa shape index (κ2) is 6.68. The largest absolute Gasteiger partial charge is 0.486 e. The maximum absolute atomic E-state index is 15.2. The Bertz CT molecular complexity index is 1450. The molecule has 3 atom stereocenters. The Morgan fingerprint density at radius 1 is 1.21 bits per heavy atom. The maximum atomic E-state index is 15.2. The highest BCUT2D eigenvalue weighted by Crippen LogP contribution is 2.55. The average molecular weight is 471 g/mol. The lowest BCUT2D eigenvalue weighted by atomic mass is 9.94. The van der Waals surface area contributed by atoms with Crippen LogP contribution in [-0.4, -0.2) is 75.9 Å². The van der Waals surface area contributed by atoms with Gasteiger partial charge in [0.2, 0.25) is 0 Å². The van der Waals surface area contributed by atoms with Crippen LogP contribution >= 0.6 is 0 Å². The molecule has 4 aliphatic rings. The molecular formula is C23H23FN4O4S. The van der Waals surface area contributed by atoms with Gasteiger partial charge in [0.15, 0.2) is 17.4 Å². The van der Waals surface area contributed by atoms with E-state index in [0.717, 1.165) is 10.4 Å². The van der Waals surface area contributed by atoms with Crippen LogP contribution in [0.25, 0.3) is 22.3 Å². The molecule has 0 amide bonds. The maximum Gasteiger partial charge on any atom is 0.185 e. The van der Waals surface area contributed by atoms with Crippen LogP contribution in [-0.2, 0) is 23.7 Å². The highest BCUT2D eigenvalue weighted by atomic mass is 32.2. The van der Waals surface area contributed by atoms with Gasteiger partial charge in [0.1, 0.15) is 22.9 Å². The molecular weight excluding hydrogens is 447 g/mol. The highest BCUT2D eigenvalue weighted by Gasteiger charge is 2.63. The summed E-state index contributed by atoms with van der Waals surface area (Å²) in [6, 6.07) is 4.98. The van der Waals surface area contributed by atoms with Crippen molar-refractivity contribution in [1.29, 1.82) is 0 Å². The Morgan fingerprint density at radius 3 is 3.00 bits per heavy atom. The zero-order valence-electron chi connectivity index (χ0n) is 18.1. The minimum absolute atomic E-state index is 0.0237. The van der Waals surface area contributed by atoms with E-state index in [1.807, 2.05) is 6.07 Å². The number of benzene rings is 1. The number of H-pyrrole nitrogens is 1. The van der Waals surface area contributed by atoms with Crippen molar-refractivity contribution < 1.29 is 22.8 Å². The van der Waals surface area contributed by atoms with Crippen molar-refractivity contribution in [2.24, 2.45) is 0 Å². The SMILES string of the molecule is CS1(=O)=C2COCCC21c1nc(-c2c(F)ccc3[nH]ccc23)nc2c1OCC1COCCN21. The van der Waals surface area contributed by atoms with Gasteiger partial charge in [0.05, 0.1) is 31.4 Å². The molecule has 4 aliphatic heterocycles. The minimum atomic E-state index is -2.33. The fraction of sp³-hybridized carbons (Fsp3) is 0.435. The molecule has 1 aromatic carbocycles. The summed E-state index contributed by atoms with van der Waals surface area (Å²) in [5.41, 5.74) is 1.74. The first-order valence-corrected chi connectivity index (χ1v) is 13.1. The standard InChI is InChI=1S/C23H23FN4O4S/c1-33(29)17-12-30-8-5-23(17,33)20-19-22(28-7-9-31-10-13(28)11-32-19)27-21(26-20)18-14-4-6-25-16(14)3-2-15(18)24/h2-4,6,13,25H,5,7-12H2,1H3. The quantitative estimate of drug-likeness (QED) is 0.574. The van der Waals surface area contributed by atoms with E-state index in [2.05, 4.69) is 9.88 Å². The molecule has 3 aromatic rings. The molecule has 8 nitrogen and oxygen atoms in total. The van der Waals surface area contributed by atoms with Gasteiger partial charge in [-0.2, -0.15) is 0 Å². The van der Waals surface area contributed by atoms with E-state index in [4.69, 9.17) is 24.2 Å². The van der Waals surface area contributed by atoms with Crippen LogP contribution in [0.15, 0.2) is 24.4 Å². The van der Waals surface area contributed by atoms with E-state index in [1.165, 1.54) is 6.07 Å². The fourth-order valence-corrected chi connectivity index (χ4v) is 8.57. The first-order chi connectivity index (χ1) is 16.0. The number of hydrogen-bond acceptors (Lipinski definition) is 7. The van der Waals surface area contributed by atoms with E-state index in [1.54, 1.807) is 18.5 Å². The molecule has 172 valence electrons. The third-order valence-electron chi connectivity index (χ3n) is 7.43. The van der Waals surface area contributed by atoms with E-state index in [9.17, 15) is 4.21 Å². The number of fused-ring (bicyclic) bond motifs is 5. The number of nitrogens with zero attached hydrogens (tertiary/aromatic N) is 3. The molecule has 10 heteroatoms. The summed E-state index contributed by atoms with van der Waals surface area (Å²) in [4.78, 5) is 15.9. The molecule has 0 spiro atoms. The molecule has 0 aliphatic carbocycles. The lowest BCUT2D eigenvalue weighted by Gasteiger charge is -2.41. The summed E-state index contributed by atoms with van der Waals surface area (Å²) in [6.45, 7) is 3.05. The van der Waals surface area contributed by atoms with Crippen molar-refractivity contribution in [1.82, 2.24) is 15.0 Å². The van der Waals surface area contributed by atoms with Crippen LogP contribution in [0.5, 0.6) is 5.75 Å². The Hall–Kier alpha value is -2.69. The predicted octanol–water partition coefficient (Wildman–Crippen LogP) is 2.08. The van der Waals surface area contributed by atoms with Gasteiger partial charge >= 0.3 is 0 Å². The van der Waals surface area contributed by atoms with Gasteiger partial charge in [-0.3, -0.25) is 4.21 Å². The molecule has 0 radical (unpaired) electrons. The molecule has 3 unspecified atom stereocenters. The van der Waals surface area contributed by atoms with Gasteiger partial charge < -0.3 is 24.1 Å². The number of hydrogen-bond donors (Lipinski definition) is 1. The number of halogens is 1. The van der Waals surface area contributed by atoms with Crippen LogP contribution in [0.4, 0.5) is 10.2 Å². The third kappa shape index (κ3) is 2.51. The fourth-order valence-electron chi connectivity index (χ4n) is 5.63. The van der Waals surface area contributed by atoms with Crippen LogP contribution < -0.4 is 9.64 Å². The number of aromatic amines is 1. The van der Waals surface area contributed by atoms with E-state index < -0.39 is 20.1 Å². The van der Waals surface area contributed by atoms with Crippen LogP contribution in [0.1, 0.15) is 12.1 Å². The van der Waals surface area contributed by atoms with Crippen molar-refractivity contribution in [3.63, 3.8) is 0 Å². The molecule has 2 saturated heterocycles. The van der Waals surface area contributed by atoms with Crippen molar-refractivity contribution in [2.45, 2.75) is 17.2 Å². The van der Waals surface area contributed by atoms with Crippen LogP contribution in [0.3, 0.4) is 0 Å². The summed E-state index contributed by atoms with van der Waals surface area (Å²) in [6.07, 6.45) is 4.11. The predicted molar refractivity (Wildman–Crippen MR) is 123 cm³/mol. The smallest absolute Gasteiger partial charge is 0.185 e. The molecule has 0 saturated carbocycles. The van der Waals surface area contributed by atoms with E-state index in [-0.39, 0.29) is 11.9 Å². The van der Waals surface area contributed by atoms with Gasteiger partial charge in [0, 0.05) is 41.4 Å². The summed E-state index contributed by atoms with van der Waals surface area (Å²) in [5.74, 6) is 1.07. The number of morpholine rings is 1. The van der Waals surface area contributed by atoms with E-state index >= 15 is 4.39 Å². The van der Waals surface area contributed by atoms with Gasteiger partial charge in [0.25, 0.3) is 0 Å². The van der Waals surface area contributed by atoms with Crippen LogP contribution in [0, 0.1) is 5.82 Å². The highest BCUT2D eigenvalue weighted by molar-refractivity contribution is 8.12. The van der Waals surface area contributed by atoms with Gasteiger partial charge in [-0.15, -0.1) is 0 Å². The van der Waals surface area contributed by atoms with Crippen molar-refractivity contribution in [2.75, 3.05) is 50.7 Å². The topological polar surface area (TPSA) is 89.6 Å². The molecule has 2 fully saturated rings. The van der Waals surface area contributed by atoms with Gasteiger partial charge in [-0.25, -0.2) is 14.4 Å². The number of aromatic nitrogens is 3. The summed E-state index contributed by atoms with van der Waals surface area (Å²) in [7, 11) is -2.33. The summed E-state index contributed by atoms with van der Waals surface area (Å²) in [5, 5.41) is 0.706. The van der Waals surface area contributed by atoms with Crippen molar-refractivity contribution >= 4 is 31.1 Å². The molecule has 33 heavy (non-hydrogen) atoms. The number of ether oxygens (including phenoxy) is 3. The van der Waals surface area contributed by atoms with E-state index in [0.29, 0.717) is 74.2 Å². The molecule has 1 N–H and O–H groups in total. The minimum Gasteiger partial charge on any atom is -0.486 e. The normalized spacial score (nSPS) is 30.4. The molecule has 2 aromatic heterocycles. The Kier molecular flexibility index (Phi) is 4.00.